The lowest BCUT2D eigenvalue weighted by molar-refractivity contribution is 0.287. The van der Waals surface area contributed by atoms with Crippen LogP contribution in [0.1, 0.15) is 18.1 Å². The Kier molecular flexibility index (Phi) is 5.56. The molecule has 0 fully saturated rings. The van der Waals surface area contributed by atoms with Gasteiger partial charge in [0.2, 0.25) is 0 Å². The van der Waals surface area contributed by atoms with E-state index in [-0.39, 0.29) is 0 Å². The third kappa shape index (κ3) is 3.74. The molecule has 0 radical (unpaired) electrons. The highest BCUT2D eigenvalue weighted by atomic mass is 127. The number of likely N-dealkylation sites (N-methyl/N-ethyl adjacent to an activating group) is 1. The van der Waals surface area contributed by atoms with Crippen LogP contribution in [0.15, 0.2) is 18.2 Å². The summed E-state index contributed by atoms with van der Waals surface area (Å²) in [6.07, 6.45) is 0. The summed E-state index contributed by atoms with van der Waals surface area (Å²) < 4.78 is 1.38. The van der Waals surface area contributed by atoms with Gasteiger partial charge in [0.25, 0.3) is 0 Å². The molecule has 0 unspecified atom stereocenters. The summed E-state index contributed by atoms with van der Waals surface area (Å²) in [5, 5.41) is 0. The Balaban J connectivity index is 2.74. The molecule has 3 heteroatoms. The molecule has 84 valence electrons. The van der Waals surface area contributed by atoms with Crippen molar-refractivity contribution in [2.45, 2.75) is 20.4 Å². The van der Waals surface area contributed by atoms with Crippen molar-refractivity contribution in [1.82, 2.24) is 4.90 Å². The molecule has 0 saturated heterocycles. The van der Waals surface area contributed by atoms with Crippen LogP contribution < -0.4 is 5.73 Å². The van der Waals surface area contributed by atoms with E-state index in [0.717, 1.165) is 26.2 Å². The molecule has 0 aliphatic carbocycles. The minimum absolute atomic E-state index is 0.732. The maximum atomic E-state index is 5.58. The number of hydrogen-bond donors (Lipinski definition) is 1. The SMILES string of the molecule is CCN(CCN)Cc1cccc(C)c1I. The monoisotopic (exact) mass is 318 g/mol. The summed E-state index contributed by atoms with van der Waals surface area (Å²) in [6.45, 7) is 8.11. The van der Waals surface area contributed by atoms with Crippen LogP contribution >= 0.6 is 22.6 Å². The molecule has 1 aromatic rings. The molecule has 0 aliphatic heterocycles. The van der Waals surface area contributed by atoms with Crippen LogP contribution in [0.2, 0.25) is 0 Å². The quantitative estimate of drug-likeness (QED) is 0.845. The minimum Gasteiger partial charge on any atom is -0.329 e. The van der Waals surface area contributed by atoms with E-state index < -0.39 is 0 Å². The fraction of sp³-hybridized carbons (Fsp3) is 0.500. The lowest BCUT2D eigenvalue weighted by Crippen LogP contribution is -2.29. The molecule has 0 bridgehead atoms. The zero-order valence-corrected chi connectivity index (χ0v) is 11.6. The van der Waals surface area contributed by atoms with E-state index in [0.29, 0.717) is 0 Å². The molecule has 0 spiro atoms. The molecule has 2 nitrogen and oxygen atoms in total. The molecular formula is C12H19IN2. The van der Waals surface area contributed by atoms with Gasteiger partial charge in [0.1, 0.15) is 0 Å². The number of nitrogens with two attached hydrogens (primary N) is 1. The van der Waals surface area contributed by atoms with Gasteiger partial charge in [-0.25, -0.2) is 0 Å². The summed E-state index contributed by atoms with van der Waals surface area (Å²) in [7, 11) is 0. The smallest absolute Gasteiger partial charge is 0.0244 e. The molecular weight excluding hydrogens is 299 g/mol. The van der Waals surface area contributed by atoms with Crippen molar-refractivity contribution < 1.29 is 0 Å². The van der Waals surface area contributed by atoms with Crippen molar-refractivity contribution >= 4 is 22.6 Å². The summed E-state index contributed by atoms with van der Waals surface area (Å²) in [4.78, 5) is 2.37. The van der Waals surface area contributed by atoms with E-state index in [2.05, 4.69) is 59.5 Å². The van der Waals surface area contributed by atoms with Crippen molar-refractivity contribution in [1.29, 1.82) is 0 Å². The largest absolute Gasteiger partial charge is 0.329 e. The molecule has 1 aromatic carbocycles. The van der Waals surface area contributed by atoms with Crippen molar-refractivity contribution in [3.63, 3.8) is 0 Å². The number of rotatable bonds is 5. The van der Waals surface area contributed by atoms with Crippen molar-refractivity contribution in [2.24, 2.45) is 5.73 Å². The summed E-state index contributed by atoms with van der Waals surface area (Å²) in [5.41, 5.74) is 8.35. The average Bonchev–Trinajstić information content (AvgIpc) is 2.24. The van der Waals surface area contributed by atoms with Gasteiger partial charge in [0.15, 0.2) is 0 Å². The van der Waals surface area contributed by atoms with Crippen LogP contribution in [0.3, 0.4) is 0 Å². The van der Waals surface area contributed by atoms with E-state index in [9.17, 15) is 0 Å². The summed E-state index contributed by atoms with van der Waals surface area (Å²) in [5.74, 6) is 0. The maximum Gasteiger partial charge on any atom is 0.0244 e. The van der Waals surface area contributed by atoms with E-state index >= 15 is 0 Å². The van der Waals surface area contributed by atoms with Gasteiger partial charge in [0, 0.05) is 23.2 Å². The normalized spacial score (nSPS) is 11.0. The molecule has 1 rings (SSSR count). The van der Waals surface area contributed by atoms with Gasteiger partial charge >= 0.3 is 0 Å². The van der Waals surface area contributed by atoms with Crippen LogP contribution in [-0.2, 0) is 6.54 Å². The molecule has 0 aromatic heterocycles. The second kappa shape index (κ2) is 6.45. The predicted octanol–water partition coefficient (Wildman–Crippen LogP) is 2.38. The number of halogens is 1. The minimum atomic E-state index is 0.732. The van der Waals surface area contributed by atoms with Crippen LogP contribution in [0.25, 0.3) is 0 Å². The van der Waals surface area contributed by atoms with E-state index in [1.807, 2.05) is 0 Å². The first kappa shape index (κ1) is 12.9. The van der Waals surface area contributed by atoms with Crippen LogP contribution in [0.5, 0.6) is 0 Å². The second-order valence-electron chi connectivity index (χ2n) is 3.71. The summed E-state index contributed by atoms with van der Waals surface area (Å²) >= 11 is 2.43. The van der Waals surface area contributed by atoms with E-state index in [1.54, 1.807) is 0 Å². The van der Waals surface area contributed by atoms with Crippen molar-refractivity contribution in [3.8, 4) is 0 Å². The van der Waals surface area contributed by atoms with Gasteiger partial charge in [-0.2, -0.15) is 0 Å². The number of hydrogen-bond acceptors (Lipinski definition) is 2. The Hall–Kier alpha value is -0.130. The van der Waals surface area contributed by atoms with Gasteiger partial charge in [0.05, 0.1) is 0 Å². The van der Waals surface area contributed by atoms with Crippen molar-refractivity contribution in [2.75, 3.05) is 19.6 Å². The average molecular weight is 318 g/mol. The molecule has 0 amide bonds. The van der Waals surface area contributed by atoms with Crippen LogP contribution in [0, 0.1) is 10.5 Å². The number of nitrogens with zero attached hydrogens (tertiary/aromatic N) is 1. The van der Waals surface area contributed by atoms with Crippen LogP contribution in [0.4, 0.5) is 0 Å². The Labute approximate surface area is 106 Å². The first-order valence-corrected chi connectivity index (χ1v) is 6.43. The van der Waals surface area contributed by atoms with E-state index in [1.165, 1.54) is 14.7 Å². The molecule has 0 atom stereocenters. The first-order valence-electron chi connectivity index (χ1n) is 5.35. The highest BCUT2D eigenvalue weighted by molar-refractivity contribution is 14.1. The standard InChI is InChI=1S/C12H19IN2/c1-3-15(8-7-14)9-11-6-4-5-10(2)12(11)13/h4-6H,3,7-9,14H2,1-2H3. The Morgan fingerprint density at radius 2 is 2.13 bits per heavy atom. The highest BCUT2D eigenvalue weighted by Crippen LogP contribution is 2.18. The lowest BCUT2D eigenvalue weighted by atomic mass is 10.1. The molecule has 15 heavy (non-hydrogen) atoms. The zero-order chi connectivity index (χ0) is 11.3. The summed E-state index contributed by atoms with van der Waals surface area (Å²) in [6, 6.07) is 6.49. The Bertz CT molecular complexity index is 312. The van der Waals surface area contributed by atoms with Gasteiger partial charge in [-0.05, 0) is 47.2 Å². The molecule has 0 aliphatic rings. The fourth-order valence-electron chi connectivity index (χ4n) is 1.60. The predicted molar refractivity (Wildman–Crippen MR) is 73.9 cm³/mol. The van der Waals surface area contributed by atoms with Crippen LogP contribution in [-0.4, -0.2) is 24.5 Å². The highest BCUT2D eigenvalue weighted by Gasteiger charge is 2.06. The third-order valence-electron chi connectivity index (χ3n) is 2.56. The molecule has 0 heterocycles. The van der Waals surface area contributed by atoms with Crippen molar-refractivity contribution in [3.05, 3.63) is 32.9 Å². The Morgan fingerprint density at radius 1 is 1.40 bits per heavy atom. The zero-order valence-electron chi connectivity index (χ0n) is 9.46. The number of aryl methyl sites for hydroxylation is 1. The second-order valence-corrected chi connectivity index (χ2v) is 4.78. The first-order chi connectivity index (χ1) is 7.19. The van der Waals surface area contributed by atoms with Gasteiger partial charge in [-0.1, -0.05) is 25.1 Å². The molecule has 0 saturated carbocycles. The third-order valence-corrected chi connectivity index (χ3v) is 4.10. The lowest BCUT2D eigenvalue weighted by Gasteiger charge is -2.20. The van der Waals surface area contributed by atoms with Gasteiger partial charge < -0.3 is 5.73 Å². The Morgan fingerprint density at radius 3 is 2.73 bits per heavy atom. The topological polar surface area (TPSA) is 29.3 Å². The fourth-order valence-corrected chi connectivity index (χ4v) is 2.13. The maximum absolute atomic E-state index is 5.58. The van der Waals surface area contributed by atoms with Gasteiger partial charge in [-0.3, -0.25) is 4.90 Å². The van der Waals surface area contributed by atoms with E-state index in [4.69, 9.17) is 5.73 Å². The van der Waals surface area contributed by atoms with Gasteiger partial charge in [-0.15, -0.1) is 0 Å². The number of benzene rings is 1. The molecule has 2 N–H and O–H groups in total.